The van der Waals surface area contributed by atoms with Crippen molar-refractivity contribution in [1.29, 1.82) is 0 Å². The van der Waals surface area contributed by atoms with Crippen LogP contribution in [-0.2, 0) is 0 Å². The van der Waals surface area contributed by atoms with Gasteiger partial charge >= 0.3 is 0 Å². The van der Waals surface area contributed by atoms with Crippen LogP contribution in [0.5, 0.6) is 0 Å². The summed E-state index contributed by atoms with van der Waals surface area (Å²) in [4.78, 5) is 16.7. The molecule has 0 saturated heterocycles. The van der Waals surface area contributed by atoms with Crippen molar-refractivity contribution >= 4 is 34.7 Å². The molecule has 6 heteroatoms. The molecule has 0 atom stereocenters. The summed E-state index contributed by atoms with van der Waals surface area (Å²) in [5.74, 6) is -0.428. The Bertz CT molecular complexity index is 885. The maximum atomic E-state index is 13.2. The highest BCUT2D eigenvalue weighted by atomic mass is 35.5. The van der Waals surface area contributed by atoms with Crippen molar-refractivity contribution in [3.8, 4) is 0 Å². The number of hydrogen-bond donors (Lipinski definition) is 2. The summed E-state index contributed by atoms with van der Waals surface area (Å²) < 4.78 is 13.2. The zero-order valence-electron chi connectivity index (χ0n) is 12.5. The Balaban J connectivity index is 1.84. The monoisotopic (exact) mass is 341 g/mol. The topological polar surface area (TPSA) is 54.0 Å². The second kappa shape index (κ2) is 7.10. The fourth-order valence-electron chi connectivity index (χ4n) is 2.16. The first-order chi connectivity index (χ1) is 11.6. The van der Waals surface area contributed by atoms with Crippen LogP contribution >= 0.6 is 11.6 Å². The Morgan fingerprint density at radius 2 is 1.79 bits per heavy atom. The lowest BCUT2D eigenvalue weighted by atomic mass is 10.2. The minimum absolute atomic E-state index is 0.335. The zero-order chi connectivity index (χ0) is 16.9. The van der Waals surface area contributed by atoms with Crippen LogP contribution in [0.2, 0.25) is 5.02 Å². The van der Waals surface area contributed by atoms with Crippen LogP contribution in [0.4, 0.5) is 21.6 Å². The number of carbonyl (C=O) groups excluding carboxylic acids is 1. The van der Waals surface area contributed by atoms with Gasteiger partial charge in [-0.3, -0.25) is 4.79 Å². The van der Waals surface area contributed by atoms with E-state index in [-0.39, 0.29) is 0 Å². The van der Waals surface area contributed by atoms with Gasteiger partial charge in [-0.05, 0) is 48.5 Å². The van der Waals surface area contributed by atoms with Crippen molar-refractivity contribution in [3.63, 3.8) is 0 Å². The molecule has 0 aliphatic heterocycles. The second-order valence-corrected chi connectivity index (χ2v) is 5.44. The van der Waals surface area contributed by atoms with Crippen LogP contribution in [0.15, 0.2) is 66.9 Å². The minimum atomic E-state index is -0.420. The molecule has 0 radical (unpaired) electrons. The fourth-order valence-corrected chi connectivity index (χ4v) is 2.35. The summed E-state index contributed by atoms with van der Waals surface area (Å²) in [6, 6.07) is 16.1. The molecule has 2 aromatic carbocycles. The molecule has 1 heterocycles. The maximum absolute atomic E-state index is 13.2. The van der Waals surface area contributed by atoms with E-state index in [1.54, 1.807) is 42.6 Å². The molecule has 0 aliphatic rings. The highest BCUT2D eigenvalue weighted by molar-refractivity contribution is 6.30. The van der Waals surface area contributed by atoms with Gasteiger partial charge in [-0.2, -0.15) is 0 Å². The van der Waals surface area contributed by atoms with Crippen molar-refractivity contribution in [2.45, 2.75) is 0 Å². The molecule has 0 aliphatic carbocycles. The van der Waals surface area contributed by atoms with Gasteiger partial charge in [-0.1, -0.05) is 23.7 Å². The second-order valence-electron chi connectivity index (χ2n) is 5.00. The van der Waals surface area contributed by atoms with Crippen LogP contribution in [0.1, 0.15) is 10.4 Å². The number of rotatable bonds is 4. The van der Waals surface area contributed by atoms with Crippen molar-refractivity contribution < 1.29 is 9.18 Å². The molecule has 120 valence electrons. The highest BCUT2D eigenvalue weighted by Crippen LogP contribution is 2.22. The first kappa shape index (κ1) is 16.0. The van der Waals surface area contributed by atoms with Gasteiger partial charge in [0, 0.05) is 22.6 Å². The number of nitrogens with one attached hydrogen (secondary N) is 2. The summed E-state index contributed by atoms with van der Waals surface area (Å²) >= 11 is 5.96. The largest absolute Gasteiger partial charge is 0.340 e. The molecule has 1 aromatic heterocycles. The van der Waals surface area contributed by atoms with E-state index in [9.17, 15) is 9.18 Å². The quantitative estimate of drug-likeness (QED) is 0.711. The Morgan fingerprint density at radius 3 is 2.58 bits per heavy atom. The molecule has 3 aromatic rings. The molecule has 0 spiro atoms. The van der Waals surface area contributed by atoms with E-state index in [0.717, 1.165) is 0 Å². The van der Waals surface area contributed by atoms with Gasteiger partial charge < -0.3 is 10.6 Å². The first-order valence-corrected chi connectivity index (χ1v) is 7.54. The summed E-state index contributed by atoms with van der Waals surface area (Å²) in [7, 11) is 0. The Labute approximate surface area is 143 Å². The van der Waals surface area contributed by atoms with Crippen molar-refractivity contribution in [3.05, 3.63) is 83.3 Å². The number of aromatic nitrogens is 1. The molecular formula is C18H13ClFN3O. The van der Waals surface area contributed by atoms with E-state index in [1.807, 2.05) is 6.07 Å². The predicted molar refractivity (Wildman–Crippen MR) is 93.3 cm³/mol. The number of hydrogen-bond acceptors (Lipinski definition) is 3. The zero-order valence-corrected chi connectivity index (χ0v) is 13.2. The predicted octanol–water partition coefficient (Wildman–Crippen LogP) is 4.87. The fraction of sp³-hybridized carbons (Fsp3) is 0. The summed E-state index contributed by atoms with van der Waals surface area (Å²) in [6.07, 6.45) is 1.58. The number of anilines is 3. The third-order valence-electron chi connectivity index (χ3n) is 3.22. The maximum Gasteiger partial charge on any atom is 0.259 e. The van der Waals surface area contributed by atoms with E-state index in [2.05, 4.69) is 15.6 Å². The van der Waals surface area contributed by atoms with Crippen molar-refractivity contribution in [2.75, 3.05) is 10.6 Å². The molecule has 0 unspecified atom stereocenters. The summed E-state index contributed by atoms with van der Waals surface area (Å²) in [6.45, 7) is 0. The molecule has 0 fully saturated rings. The van der Waals surface area contributed by atoms with Crippen LogP contribution in [-0.4, -0.2) is 10.9 Å². The van der Waals surface area contributed by atoms with E-state index in [0.29, 0.717) is 27.8 Å². The van der Waals surface area contributed by atoms with Crippen LogP contribution in [0.3, 0.4) is 0 Å². The highest BCUT2D eigenvalue weighted by Gasteiger charge is 2.13. The van der Waals surface area contributed by atoms with E-state index < -0.39 is 11.7 Å². The van der Waals surface area contributed by atoms with Gasteiger partial charge in [0.1, 0.15) is 11.6 Å². The lowest BCUT2D eigenvalue weighted by Crippen LogP contribution is -2.14. The van der Waals surface area contributed by atoms with Crippen molar-refractivity contribution in [1.82, 2.24) is 4.98 Å². The average molecular weight is 342 g/mol. The van der Waals surface area contributed by atoms with Gasteiger partial charge in [-0.25, -0.2) is 9.37 Å². The number of halogens is 2. The number of amides is 1. The summed E-state index contributed by atoms with van der Waals surface area (Å²) in [5.41, 5.74) is 1.42. The normalized spacial score (nSPS) is 10.2. The van der Waals surface area contributed by atoms with Gasteiger partial charge in [0.2, 0.25) is 0 Å². The van der Waals surface area contributed by atoms with E-state index >= 15 is 0 Å². The van der Waals surface area contributed by atoms with Gasteiger partial charge in [0.05, 0.1) is 5.56 Å². The molecule has 0 bridgehead atoms. The van der Waals surface area contributed by atoms with Crippen LogP contribution < -0.4 is 10.6 Å². The molecular weight excluding hydrogens is 329 g/mol. The van der Waals surface area contributed by atoms with Crippen molar-refractivity contribution in [2.24, 2.45) is 0 Å². The van der Waals surface area contributed by atoms with Crippen LogP contribution in [0.25, 0.3) is 0 Å². The standard InChI is InChI=1S/C18H13ClFN3O/c19-12-4-1-6-14(10-12)22-17-16(8-3-9-21-17)18(24)23-15-7-2-5-13(20)11-15/h1-11H,(H,21,22)(H,23,24). The number of benzene rings is 2. The molecule has 1 amide bonds. The van der Waals surface area contributed by atoms with E-state index in [4.69, 9.17) is 11.6 Å². The SMILES string of the molecule is O=C(Nc1cccc(F)c1)c1cccnc1Nc1cccc(Cl)c1. The summed E-state index contributed by atoms with van der Waals surface area (Å²) in [5, 5.41) is 6.28. The smallest absolute Gasteiger partial charge is 0.259 e. The molecule has 4 nitrogen and oxygen atoms in total. The lowest BCUT2D eigenvalue weighted by Gasteiger charge is -2.11. The Morgan fingerprint density at radius 1 is 1.00 bits per heavy atom. The van der Waals surface area contributed by atoms with Gasteiger partial charge in [-0.15, -0.1) is 0 Å². The molecule has 3 rings (SSSR count). The number of pyridine rings is 1. The number of carbonyl (C=O) groups is 1. The molecule has 0 saturated carbocycles. The Kier molecular flexibility index (Phi) is 4.72. The first-order valence-electron chi connectivity index (χ1n) is 7.16. The molecule has 24 heavy (non-hydrogen) atoms. The third-order valence-corrected chi connectivity index (χ3v) is 3.46. The van der Waals surface area contributed by atoms with Gasteiger partial charge in [0.15, 0.2) is 0 Å². The molecule has 2 N–H and O–H groups in total. The lowest BCUT2D eigenvalue weighted by molar-refractivity contribution is 0.102. The Hall–Kier alpha value is -2.92. The third kappa shape index (κ3) is 3.88. The minimum Gasteiger partial charge on any atom is -0.340 e. The average Bonchev–Trinajstić information content (AvgIpc) is 2.55. The van der Waals surface area contributed by atoms with Gasteiger partial charge in [0.25, 0.3) is 5.91 Å². The van der Waals surface area contributed by atoms with Crippen LogP contribution in [0, 0.1) is 5.82 Å². The van der Waals surface area contributed by atoms with E-state index in [1.165, 1.54) is 18.2 Å². The number of nitrogens with zero attached hydrogens (tertiary/aromatic N) is 1.